The highest BCUT2D eigenvalue weighted by atomic mass is 32.1. The molecule has 276 valence electrons. The van der Waals surface area contributed by atoms with E-state index in [2.05, 4.69) is 26.7 Å². The topological polar surface area (TPSA) is 171 Å². The average Bonchev–Trinajstić information content (AvgIpc) is 3.80. The van der Waals surface area contributed by atoms with E-state index < -0.39 is 41.4 Å². The first-order valence-electron chi connectivity index (χ1n) is 17.6. The van der Waals surface area contributed by atoms with E-state index in [0.29, 0.717) is 34.1 Å². The molecule has 0 spiro atoms. The Bertz CT molecular complexity index is 1990. The maximum Gasteiger partial charge on any atom is 0.326 e. The van der Waals surface area contributed by atoms with Gasteiger partial charge in [-0.05, 0) is 93.8 Å². The Balaban J connectivity index is 1.28. The van der Waals surface area contributed by atoms with Crippen molar-refractivity contribution < 1.29 is 29.0 Å². The molecule has 4 aromatic rings. The molecule has 1 fully saturated rings. The molecule has 0 bridgehead atoms. The number of hydrogen-bond acceptors (Lipinski definition) is 9. The lowest BCUT2D eigenvalue weighted by molar-refractivity contribution is -0.155. The summed E-state index contributed by atoms with van der Waals surface area (Å²) < 4.78 is 5.42. The molecular formula is C39H47N5O7S. The number of aromatic amines is 1. The number of aliphatic carboxylic acids is 1. The number of carboxylic acid groups (broad SMARTS) is 1. The van der Waals surface area contributed by atoms with Crippen LogP contribution in [-0.2, 0) is 32.1 Å². The Morgan fingerprint density at radius 3 is 2.48 bits per heavy atom. The number of rotatable bonds is 14. The van der Waals surface area contributed by atoms with E-state index in [-0.39, 0.29) is 24.8 Å². The van der Waals surface area contributed by atoms with Crippen molar-refractivity contribution in [3.05, 3.63) is 92.3 Å². The molecule has 1 aliphatic carbocycles. The predicted octanol–water partition coefficient (Wildman–Crippen LogP) is 5.62. The molecule has 12 nitrogen and oxygen atoms in total. The molecule has 0 unspecified atom stereocenters. The smallest absolute Gasteiger partial charge is 0.326 e. The van der Waals surface area contributed by atoms with Crippen molar-refractivity contribution >= 4 is 51.0 Å². The number of amides is 2. The SMILES string of the molecule is Cc1nc2ccc(CN(C)c3ccc(C(=O)N[C@@H](CCC(=O)OC(C)(C)C)C(=O)N[C@@H](Cc4cccc(C5CCCC5)c4)C(=O)O)s3)cc2c(=O)[nH]1. The number of ether oxygens (including phenoxy) is 1. The fourth-order valence-corrected chi connectivity index (χ4v) is 7.37. The average molecular weight is 730 g/mol. The minimum atomic E-state index is -1.25. The number of benzene rings is 2. The summed E-state index contributed by atoms with van der Waals surface area (Å²) in [6.45, 7) is 7.39. The maximum absolute atomic E-state index is 13.7. The highest BCUT2D eigenvalue weighted by Gasteiger charge is 2.29. The number of aryl methyl sites for hydroxylation is 1. The molecule has 1 aliphatic rings. The molecule has 2 atom stereocenters. The Labute approximate surface area is 307 Å². The number of esters is 1. The monoisotopic (exact) mass is 729 g/mol. The number of H-pyrrole nitrogens is 1. The number of nitrogens with zero attached hydrogens (tertiary/aromatic N) is 2. The van der Waals surface area contributed by atoms with E-state index in [0.717, 1.165) is 29.0 Å². The molecule has 2 aromatic heterocycles. The third kappa shape index (κ3) is 10.3. The molecular weight excluding hydrogens is 683 g/mol. The first-order chi connectivity index (χ1) is 24.6. The van der Waals surface area contributed by atoms with E-state index in [1.807, 2.05) is 36.2 Å². The molecule has 52 heavy (non-hydrogen) atoms. The maximum atomic E-state index is 13.7. The van der Waals surface area contributed by atoms with Gasteiger partial charge in [-0.1, -0.05) is 43.2 Å². The molecule has 0 radical (unpaired) electrons. The molecule has 0 aliphatic heterocycles. The van der Waals surface area contributed by atoms with Crippen molar-refractivity contribution in [3.63, 3.8) is 0 Å². The summed E-state index contributed by atoms with van der Waals surface area (Å²) in [7, 11) is 1.86. The third-order valence-corrected chi connectivity index (χ3v) is 10.2. The van der Waals surface area contributed by atoms with E-state index in [4.69, 9.17) is 4.74 Å². The first-order valence-corrected chi connectivity index (χ1v) is 18.4. The zero-order valence-electron chi connectivity index (χ0n) is 30.3. The van der Waals surface area contributed by atoms with Crippen LogP contribution in [0.5, 0.6) is 0 Å². The highest BCUT2D eigenvalue weighted by Crippen LogP contribution is 2.34. The largest absolute Gasteiger partial charge is 0.480 e. The number of carbonyl (C=O) groups excluding carboxylic acids is 3. The second-order valence-electron chi connectivity index (χ2n) is 14.5. The fourth-order valence-electron chi connectivity index (χ4n) is 6.50. The quantitative estimate of drug-likeness (QED) is 0.120. The van der Waals surface area contributed by atoms with Gasteiger partial charge in [0.1, 0.15) is 23.5 Å². The molecule has 0 saturated heterocycles. The normalized spacial score (nSPS) is 14.5. The van der Waals surface area contributed by atoms with Gasteiger partial charge in [0.05, 0.1) is 20.8 Å². The number of thiophene rings is 1. The summed E-state index contributed by atoms with van der Waals surface area (Å²) in [5.41, 5.74) is 2.50. The van der Waals surface area contributed by atoms with Crippen LogP contribution >= 0.6 is 11.3 Å². The summed E-state index contributed by atoms with van der Waals surface area (Å²) in [5, 5.41) is 16.7. The van der Waals surface area contributed by atoms with Crippen LogP contribution in [0.25, 0.3) is 10.9 Å². The highest BCUT2D eigenvalue weighted by molar-refractivity contribution is 7.18. The summed E-state index contributed by atoms with van der Waals surface area (Å²) >= 11 is 1.21. The summed E-state index contributed by atoms with van der Waals surface area (Å²) in [5.74, 6) is -2.00. The molecule has 5 rings (SSSR count). The second-order valence-corrected chi connectivity index (χ2v) is 15.5. The van der Waals surface area contributed by atoms with Crippen LogP contribution in [-0.4, -0.2) is 63.6 Å². The number of hydrogen-bond donors (Lipinski definition) is 4. The number of carbonyl (C=O) groups is 4. The number of nitrogens with one attached hydrogen (secondary N) is 3. The van der Waals surface area contributed by atoms with Crippen molar-refractivity contribution in [1.29, 1.82) is 0 Å². The Morgan fingerprint density at radius 1 is 1.02 bits per heavy atom. The minimum Gasteiger partial charge on any atom is -0.480 e. The van der Waals surface area contributed by atoms with Gasteiger partial charge in [0.15, 0.2) is 0 Å². The molecule has 13 heteroatoms. The Hall–Kier alpha value is -5.04. The van der Waals surface area contributed by atoms with E-state index in [1.54, 1.807) is 52.0 Å². The van der Waals surface area contributed by atoms with Gasteiger partial charge in [-0.25, -0.2) is 9.78 Å². The summed E-state index contributed by atoms with van der Waals surface area (Å²) in [6, 6.07) is 14.3. The van der Waals surface area contributed by atoms with Crippen LogP contribution in [0.2, 0.25) is 0 Å². The van der Waals surface area contributed by atoms with Gasteiger partial charge in [-0.3, -0.25) is 19.2 Å². The van der Waals surface area contributed by atoms with Gasteiger partial charge < -0.3 is 30.4 Å². The van der Waals surface area contributed by atoms with Crippen molar-refractivity contribution in [2.75, 3.05) is 11.9 Å². The number of aromatic nitrogens is 2. The van der Waals surface area contributed by atoms with Gasteiger partial charge in [0.2, 0.25) is 5.91 Å². The Morgan fingerprint density at radius 2 is 1.77 bits per heavy atom. The van der Waals surface area contributed by atoms with Crippen molar-refractivity contribution in [3.8, 4) is 0 Å². The van der Waals surface area contributed by atoms with Crippen molar-refractivity contribution in [1.82, 2.24) is 20.6 Å². The van der Waals surface area contributed by atoms with Gasteiger partial charge in [-0.2, -0.15) is 0 Å². The molecule has 1 saturated carbocycles. The second kappa shape index (κ2) is 16.5. The van der Waals surface area contributed by atoms with Gasteiger partial charge >= 0.3 is 11.9 Å². The van der Waals surface area contributed by atoms with Crippen LogP contribution in [0.4, 0.5) is 5.00 Å². The van der Waals surface area contributed by atoms with Crippen LogP contribution < -0.4 is 21.1 Å². The molecule has 2 heterocycles. The van der Waals surface area contributed by atoms with Crippen LogP contribution in [0.3, 0.4) is 0 Å². The first kappa shape index (κ1) is 38.2. The molecule has 4 N–H and O–H groups in total. The third-order valence-electron chi connectivity index (χ3n) is 9.01. The van der Waals surface area contributed by atoms with Crippen LogP contribution in [0.15, 0.2) is 59.4 Å². The van der Waals surface area contributed by atoms with Crippen molar-refractivity contribution in [2.24, 2.45) is 0 Å². The number of fused-ring (bicyclic) bond motifs is 1. The predicted molar refractivity (Wildman–Crippen MR) is 201 cm³/mol. The minimum absolute atomic E-state index is 0.0662. The lowest BCUT2D eigenvalue weighted by Gasteiger charge is -2.23. The van der Waals surface area contributed by atoms with Crippen molar-refractivity contribution in [2.45, 2.75) is 103 Å². The lowest BCUT2D eigenvalue weighted by Crippen LogP contribution is -2.52. The number of carboxylic acids is 1. The van der Waals surface area contributed by atoms with Crippen LogP contribution in [0, 0.1) is 6.92 Å². The standard InChI is InChI=1S/C39H47N5O7S/c1-23-40-29-14-13-25(20-28(29)35(46)41-23)22-44(5)33-17-16-32(52-33)37(48)42-30(15-18-34(45)51-39(2,3)4)36(47)43-31(38(49)50)21-24-9-8-12-27(19-24)26-10-6-7-11-26/h8-9,12-14,16-17,19-20,26,30-31H,6-7,10-11,15,18,21-22H2,1-5H3,(H,42,48)(H,43,47)(H,49,50)(H,40,41,46)/t30-,31-/m0/s1. The van der Waals surface area contributed by atoms with E-state index in [9.17, 15) is 29.1 Å². The van der Waals surface area contributed by atoms with E-state index >= 15 is 0 Å². The lowest BCUT2D eigenvalue weighted by atomic mass is 9.94. The Kier molecular flexibility index (Phi) is 12.1. The molecule has 2 amide bonds. The van der Waals surface area contributed by atoms with E-state index in [1.165, 1.54) is 29.7 Å². The summed E-state index contributed by atoms with van der Waals surface area (Å²) in [6.07, 6.45) is 4.37. The zero-order chi connectivity index (χ0) is 37.6. The molecule has 2 aromatic carbocycles. The zero-order valence-corrected chi connectivity index (χ0v) is 31.1. The summed E-state index contributed by atoms with van der Waals surface area (Å²) in [4.78, 5) is 74.0. The van der Waals surface area contributed by atoms with Gasteiger partial charge in [-0.15, -0.1) is 11.3 Å². The van der Waals surface area contributed by atoms with Gasteiger partial charge in [0.25, 0.3) is 11.5 Å². The fraction of sp³-hybridized carbons (Fsp3) is 0.436. The number of anilines is 1. The van der Waals surface area contributed by atoms with Gasteiger partial charge in [0, 0.05) is 26.4 Å². The van der Waals surface area contributed by atoms with Crippen LogP contribution in [0.1, 0.15) is 97.4 Å².